The molecule has 0 aromatic carbocycles. The van der Waals surface area contributed by atoms with Gasteiger partial charge in [0.15, 0.2) is 11.6 Å². The van der Waals surface area contributed by atoms with Crippen molar-refractivity contribution in [2.75, 3.05) is 30.3 Å². The number of nitrogens with zero attached hydrogens (tertiary/aromatic N) is 4. The normalized spacial score (nSPS) is 21.6. The third-order valence-electron chi connectivity index (χ3n) is 4.80. The fraction of sp³-hybridized carbons (Fsp3) is 0.526. The van der Waals surface area contributed by atoms with Crippen LogP contribution in [-0.4, -0.2) is 52.2 Å². The highest BCUT2D eigenvalue weighted by Crippen LogP contribution is 2.37. The molecule has 1 aliphatic heterocycles. The average molecular weight is 436 g/mol. The lowest BCUT2D eigenvalue weighted by Crippen LogP contribution is -2.61. The fourth-order valence-corrected chi connectivity index (χ4v) is 3.72. The van der Waals surface area contributed by atoms with E-state index in [2.05, 4.69) is 49.9 Å². The van der Waals surface area contributed by atoms with Crippen molar-refractivity contribution >= 4 is 33.7 Å². The molecule has 27 heavy (non-hydrogen) atoms. The maximum absolute atomic E-state index is 12.9. The molecule has 2 aliphatic rings. The Balaban J connectivity index is 1.90. The standard InChI is InChI=1S/C19H26BrN5O2/c1-18(2,3)27-17(26)25-10-9-24(16-15(21)22-11-14(20)23-16)12-13(25)19(4)7-5-6-8-19/h5-8,11,13H,9-10,12H2,1-4H3,(H2,21,22)/t13-/m0/s1. The molecule has 1 atom stereocenters. The van der Waals surface area contributed by atoms with Crippen LogP contribution in [0.3, 0.4) is 0 Å². The molecule has 1 aromatic rings. The second-order valence-electron chi connectivity index (χ2n) is 8.12. The largest absolute Gasteiger partial charge is 0.444 e. The second-order valence-corrected chi connectivity index (χ2v) is 8.93. The number of carbonyl (C=O) groups excluding carboxylic acids is 1. The van der Waals surface area contributed by atoms with E-state index in [0.29, 0.717) is 35.9 Å². The van der Waals surface area contributed by atoms with E-state index >= 15 is 0 Å². The minimum atomic E-state index is -0.540. The lowest BCUT2D eigenvalue weighted by atomic mass is 9.81. The third kappa shape index (κ3) is 4.26. The highest BCUT2D eigenvalue weighted by Gasteiger charge is 2.43. The van der Waals surface area contributed by atoms with E-state index in [1.165, 1.54) is 0 Å². The summed E-state index contributed by atoms with van der Waals surface area (Å²) in [6.07, 6.45) is 9.55. The zero-order chi connectivity index (χ0) is 19.8. The van der Waals surface area contributed by atoms with Crippen molar-refractivity contribution in [3.05, 3.63) is 35.1 Å². The van der Waals surface area contributed by atoms with Gasteiger partial charge in [-0.2, -0.15) is 0 Å². The van der Waals surface area contributed by atoms with Gasteiger partial charge in [-0.25, -0.2) is 14.8 Å². The van der Waals surface area contributed by atoms with Crippen molar-refractivity contribution in [3.63, 3.8) is 0 Å². The highest BCUT2D eigenvalue weighted by atomic mass is 79.9. The zero-order valence-corrected chi connectivity index (χ0v) is 17.7. The van der Waals surface area contributed by atoms with Crippen LogP contribution in [0.1, 0.15) is 27.7 Å². The number of ether oxygens (including phenoxy) is 1. The number of halogens is 1. The number of rotatable bonds is 2. The number of nitrogens with two attached hydrogens (primary N) is 1. The van der Waals surface area contributed by atoms with Gasteiger partial charge < -0.3 is 20.3 Å². The molecule has 1 aromatic heterocycles. The van der Waals surface area contributed by atoms with Gasteiger partial charge in [-0.15, -0.1) is 0 Å². The van der Waals surface area contributed by atoms with Crippen molar-refractivity contribution in [1.29, 1.82) is 0 Å². The first-order valence-corrected chi connectivity index (χ1v) is 9.78. The lowest BCUT2D eigenvalue weighted by Gasteiger charge is -2.47. The van der Waals surface area contributed by atoms with Crippen LogP contribution in [-0.2, 0) is 4.74 Å². The number of anilines is 2. The summed E-state index contributed by atoms with van der Waals surface area (Å²) in [4.78, 5) is 25.5. The monoisotopic (exact) mass is 435 g/mol. The Morgan fingerprint density at radius 2 is 2.00 bits per heavy atom. The predicted molar refractivity (Wildman–Crippen MR) is 109 cm³/mol. The van der Waals surface area contributed by atoms with E-state index in [9.17, 15) is 4.79 Å². The minimum Gasteiger partial charge on any atom is -0.444 e. The maximum Gasteiger partial charge on any atom is 0.410 e. The van der Waals surface area contributed by atoms with E-state index in [1.807, 2.05) is 37.8 Å². The fourth-order valence-electron chi connectivity index (χ4n) is 3.45. The van der Waals surface area contributed by atoms with Gasteiger partial charge in [-0.3, -0.25) is 0 Å². The molecule has 146 valence electrons. The van der Waals surface area contributed by atoms with Gasteiger partial charge in [0, 0.05) is 25.0 Å². The molecule has 0 saturated carbocycles. The number of hydrogen-bond acceptors (Lipinski definition) is 6. The van der Waals surface area contributed by atoms with Crippen LogP contribution in [0.5, 0.6) is 0 Å². The molecule has 7 nitrogen and oxygen atoms in total. The molecule has 3 rings (SSSR count). The quantitative estimate of drug-likeness (QED) is 0.765. The molecular weight excluding hydrogens is 410 g/mol. The predicted octanol–water partition coefficient (Wildman–Crippen LogP) is 3.38. The molecule has 8 heteroatoms. The molecule has 2 N–H and O–H groups in total. The summed E-state index contributed by atoms with van der Waals surface area (Å²) in [5.41, 5.74) is 5.23. The third-order valence-corrected chi connectivity index (χ3v) is 5.18. The van der Waals surface area contributed by atoms with Crippen molar-refractivity contribution in [2.24, 2.45) is 5.41 Å². The number of piperazine rings is 1. The van der Waals surface area contributed by atoms with Gasteiger partial charge in [0.05, 0.1) is 12.2 Å². The topological polar surface area (TPSA) is 84.6 Å². The summed E-state index contributed by atoms with van der Waals surface area (Å²) in [6.45, 7) is 9.47. The first-order valence-electron chi connectivity index (χ1n) is 8.99. The van der Waals surface area contributed by atoms with Crippen molar-refractivity contribution in [3.8, 4) is 0 Å². The summed E-state index contributed by atoms with van der Waals surface area (Å²) in [6, 6.07) is -0.115. The first kappa shape index (κ1) is 19.7. The van der Waals surface area contributed by atoms with Gasteiger partial charge in [0.2, 0.25) is 0 Å². The molecule has 0 unspecified atom stereocenters. The number of hydrogen-bond donors (Lipinski definition) is 1. The Bertz CT molecular complexity index is 775. The number of aromatic nitrogens is 2. The Morgan fingerprint density at radius 1 is 1.33 bits per heavy atom. The van der Waals surface area contributed by atoms with Crippen LogP contribution in [0.2, 0.25) is 0 Å². The van der Waals surface area contributed by atoms with Gasteiger partial charge >= 0.3 is 6.09 Å². The van der Waals surface area contributed by atoms with Crippen LogP contribution in [0.15, 0.2) is 35.1 Å². The van der Waals surface area contributed by atoms with Crippen molar-refractivity contribution < 1.29 is 9.53 Å². The molecule has 1 aliphatic carbocycles. The average Bonchev–Trinajstić information content (AvgIpc) is 3.03. The summed E-state index contributed by atoms with van der Waals surface area (Å²) >= 11 is 3.36. The zero-order valence-electron chi connectivity index (χ0n) is 16.1. The number of allylic oxidation sites excluding steroid dienone is 2. The highest BCUT2D eigenvalue weighted by molar-refractivity contribution is 9.10. The van der Waals surface area contributed by atoms with Crippen LogP contribution >= 0.6 is 15.9 Å². The van der Waals surface area contributed by atoms with Gasteiger partial charge in [0.1, 0.15) is 10.2 Å². The van der Waals surface area contributed by atoms with Crippen LogP contribution in [0.4, 0.5) is 16.4 Å². The summed E-state index contributed by atoms with van der Waals surface area (Å²) in [5, 5.41) is 0. The summed E-state index contributed by atoms with van der Waals surface area (Å²) < 4.78 is 6.29. The molecule has 0 radical (unpaired) electrons. The van der Waals surface area contributed by atoms with E-state index < -0.39 is 5.60 Å². The van der Waals surface area contributed by atoms with Crippen molar-refractivity contribution in [1.82, 2.24) is 14.9 Å². The molecule has 1 saturated heterocycles. The van der Waals surface area contributed by atoms with E-state index in [0.717, 1.165) is 0 Å². The van der Waals surface area contributed by atoms with Crippen LogP contribution in [0.25, 0.3) is 0 Å². The molecule has 1 fully saturated rings. The lowest BCUT2D eigenvalue weighted by molar-refractivity contribution is 0.00540. The van der Waals surface area contributed by atoms with Crippen LogP contribution < -0.4 is 10.6 Å². The van der Waals surface area contributed by atoms with E-state index in [4.69, 9.17) is 10.5 Å². The van der Waals surface area contributed by atoms with E-state index in [-0.39, 0.29) is 17.6 Å². The Hall–Kier alpha value is -2.09. The molecule has 1 amide bonds. The number of carbonyl (C=O) groups is 1. The summed E-state index contributed by atoms with van der Waals surface area (Å²) in [5.74, 6) is 1.01. The summed E-state index contributed by atoms with van der Waals surface area (Å²) in [7, 11) is 0. The maximum atomic E-state index is 12.9. The molecular formula is C19H26BrN5O2. The molecule has 0 bridgehead atoms. The van der Waals surface area contributed by atoms with Crippen LogP contribution in [0, 0.1) is 5.41 Å². The van der Waals surface area contributed by atoms with E-state index in [1.54, 1.807) is 6.20 Å². The molecule has 0 spiro atoms. The number of amides is 1. The van der Waals surface area contributed by atoms with Crippen molar-refractivity contribution in [2.45, 2.75) is 39.3 Å². The Labute approximate surface area is 168 Å². The number of nitrogen functional groups attached to an aromatic ring is 1. The minimum absolute atomic E-state index is 0.115. The first-order chi connectivity index (χ1) is 12.6. The van der Waals surface area contributed by atoms with Gasteiger partial charge in [-0.1, -0.05) is 31.2 Å². The SMILES string of the molecule is CC(C)(C)OC(=O)N1CCN(c2nc(Br)cnc2N)C[C@H]1C1(C)C=CC=C1. The van der Waals surface area contributed by atoms with Gasteiger partial charge in [0.25, 0.3) is 0 Å². The van der Waals surface area contributed by atoms with Gasteiger partial charge in [-0.05, 0) is 36.7 Å². The second kappa shape index (κ2) is 7.14. The smallest absolute Gasteiger partial charge is 0.410 e. The molecule has 2 heterocycles. The Kier molecular flexibility index (Phi) is 5.20. The Morgan fingerprint density at radius 3 is 2.63 bits per heavy atom.